The summed E-state index contributed by atoms with van der Waals surface area (Å²) in [5.74, 6) is -10.5. The fourth-order valence-electron chi connectivity index (χ4n) is 5.02. The molecule has 6 atom stereocenters. The second-order valence-corrected chi connectivity index (χ2v) is 6.99. The van der Waals surface area contributed by atoms with Crippen molar-refractivity contribution in [3.05, 3.63) is 35.9 Å². The van der Waals surface area contributed by atoms with Crippen LogP contribution in [0, 0.1) is 29.6 Å². The van der Waals surface area contributed by atoms with Gasteiger partial charge in [0.2, 0.25) is 0 Å². The zero-order valence-corrected chi connectivity index (χ0v) is 13.6. The molecule has 0 saturated heterocycles. The van der Waals surface area contributed by atoms with E-state index >= 15 is 0 Å². The Morgan fingerprint density at radius 1 is 0.808 bits per heavy atom. The molecule has 6 unspecified atom stereocenters. The number of hydrogen-bond donors (Lipinski definition) is 4. The average Bonchev–Trinajstić information content (AvgIpc) is 2.55. The fourth-order valence-corrected chi connectivity index (χ4v) is 5.02. The number of aliphatic carboxylic acids is 4. The average molecular weight is 362 g/mol. The van der Waals surface area contributed by atoms with Crippen LogP contribution in [-0.2, 0) is 24.6 Å². The number of fused-ring (bicyclic) bond motifs is 1. The SMILES string of the molecule is O=C(O)C1CC2C(CC1C(=O)O)C(C(=O)O)(c1ccccc1)C2C(=O)O. The van der Waals surface area contributed by atoms with E-state index < -0.39 is 58.9 Å². The summed E-state index contributed by atoms with van der Waals surface area (Å²) in [6.45, 7) is 0. The molecule has 8 nitrogen and oxygen atoms in total. The lowest BCUT2D eigenvalue weighted by Gasteiger charge is -2.61. The van der Waals surface area contributed by atoms with Crippen LogP contribution in [0.1, 0.15) is 18.4 Å². The maximum Gasteiger partial charge on any atom is 0.315 e. The molecule has 0 aliphatic heterocycles. The summed E-state index contributed by atoms with van der Waals surface area (Å²) in [5.41, 5.74) is -1.45. The standard InChI is InChI=1S/C18H18O8/c19-14(20)9-6-11-12(7-10(9)15(21)22)18(17(25)26,13(11)16(23)24)8-4-2-1-3-5-8/h1-5,9-13H,6-7H2,(H,19,20)(H,21,22)(H,23,24)(H,25,26). The molecule has 2 aliphatic carbocycles. The number of carboxylic acids is 4. The lowest BCUT2D eigenvalue weighted by molar-refractivity contribution is -0.196. The molecule has 4 N–H and O–H groups in total. The zero-order chi connectivity index (χ0) is 19.2. The van der Waals surface area contributed by atoms with E-state index in [9.17, 15) is 39.6 Å². The van der Waals surface area contributed by atoms with Crippen molar-refractivity contribution in [3.8, 4) is 0 Å². The minimum Gasteiger partial charge on any atom is -0.481 e. The van der Waals surface area contributed by atoms with Gasteiger partial charge in [0, 0.05) is 0 Å². The zero-order valence-electron chi connectivity index (χ0n) is 13.6. The molecule has 3 rings (SSSR count). The molecular weight excluding hydrogens is 344 g/mol. The number of benzene rings is 1. The quantitative estimate of drug-likeness (QED) is 0.609. The van der Waals surface area contributed by atoms with Crippen molar-refractivity contribution < 1.29 is 39.6 Å². The molecule has 8 heteroatoms. The molecule has 0 bridgehead atoms. The van der Waals surface area contributed by atoms with Gasteiger partial charge in [-0.25, -0.2) is 0 Å². The summed E-state index contributed by atoms with van der Waals surface area (Å²) >= 11 is 0. The summed E-state index contributed by atoms with van der Waals surface area (Å²) < 4.78 is 0. The molecule has 0 spiro atoms. The van der Waals surface area contributed by atoms with Crippen LogP contribution < -0.4 is 0 Å². The predicted molar refractivity (Wildman–Crippen MR) is 85.3 cm³/mol. The third-order valence-corrected chi connectivity index (χ3v) is 6.05. The van der Waals surface area contributed by atoms with E-state index in [2.05, 4.69) is 0 Å². The van der Waals surface area contributed by atoms with Gasteiger partial charge in [-0.05, 0) is 30.2 Å². The summed E-state index contributed by atoms with van der Waals surface area (Å²) in [4.78, 5) is 47.1. The Balaban J connectivity index is 2.12. The minimum atomic E-state index is -1.76. The maximum atomic E-state index is 12.2. The van der Waals surface area contributed by atoms with E-state index in [1.807, 2.05) is 0 Å². The highest BCUT2D eigenvalue weighted by atomic mass is 16.4. The largest absolute Gasteiger partial charge is 0.481 e. The van der Waals surface area contributed by atoms with E-state index in [4.69, 9.17) is 0 Å². The highest BCUT2D eigenvalue weighted by molar-refractivity contribution is 5.92. The Morgan fingerprint density at radius 3 is 1.81 bits per heavy atom. The summed E-state index contributed by atoms with van der Waals surface area (Å²) in [6.07, 6.45) is -0.336. The topological polar surface area (TPSA) is 149 Å². The van der Waals surface area contributed by atoms with Crippen molar-refractivity contribution in [3.63, 3.8) is 0 Å². The lowest BCUT2D eigenvalue weighted by Crippen LogP contribution is -2.69. The summed E-state index contributed by atoms with van der Waals surface area (Å²) in [7, 11) is 0. The monoisotopic (exact) mass is 362 g/mol. The van der Waals surface area contributed by atoms with Gasteiger partial charge in [0.05, 0.1) is 17.8 Å². The van der Waals surface area contributed by atoms with Gasteiger partial charge in [0.25, 0.3) is 0 Å². The molecule has 0 radical (unpaired) electrons. The molecule has 26 heavy (non-hydrogen) atoms. The third-order valence-electron chi connectivity index (χ3n) is 6.05. The maximum absolute atomic E-state index is 12.2. The van der Waals surface area contributed by atoms with Crippen molar-refractivity contribution in [2.45, 2.75) is 18.3 Å². The van der Waals surface area contributed by atoms with Crippen LogP contribution in [-0.4, -0.2) is 44.3 Å². The Morgan fingerprint density at radius 2 is 1.35 bits per heavy atom. The van der Waals surface area contributed by atoms with E-state index in [0.717, 1.165) is 0 Å². The molecule has 2 saturated carbocycles. The molecular formula is C18H18O8. The van der Waals surface area contributed by atoms with Crippen LogP contribution in [0.2, 0.25) is 0 Å². The van der Waals surface area contributed by atoms with E-state index in [-0.39, 0.29) is 12.8 Å². The second kappa shape index (κ2) is 6.12. The normalized spacial score (nSPS) is 35.6. The van der Waals surface area contributed by atoms with Crippen molar-refractivity contribution in [1.82, 2.24) is 0 Å². The smallest absolute Gasteiger partial charge is 0.315 e. The highest BCUT2D eigenvalue weighted by Crippen LogP contribution is 2.64. The second-order valence-electron chi connectivity index (χ2n) is 6.99. The van der Waals surface area contributed by atoms with Gasteiger partial charge in [-0.1, -0.05) is 30.3 Å². The predicted octanol–water partition coefficient (Wildman–Crippen LogP) is 1.15. The van der Waals surface area contributed by atoms with Crippen molar-refractivity contribution in [2.75, 3.05) is 0 Å². The van der Waals surface area contributed by atoms with Crippen LogP contribution in [0.25, 0.3) is 0 Å². The first kappa shape index (κ1) is 17.9. The van der Waals surface area contributed by atoms with Gasteiger partial charge in [-0.2, -0.15) is 0 Å². The van der Waals surface area contributed by atoms with Crippen molar-refractivity contribution in [2.24, 2.45) is 29.6 Å². The Hall–Kier alpha value is -2.90. The van der Waals surface area contributed by atoms with Crippen LogP contribution in [0.3, 0.4) is 0 Å². The van der Waals surface area contributed by atoms with Crippen LogP contribution in [0.4, 0.5) is 0 Å². The number of carboxylic acid groups (broad SMARTS) is 4. The third kappa shape index (κ3) is 2.28. The first-order valence-corrected chi connectivity index (χ1v) is 8.20. The molecule has 2 aliphatic rings. The number of hydrogen-bond acceptors (Lipinski definition) is 4. The lowest BCUT2D eigenvalue weighted by atomic mass is 9.39. The van der Waals surface area contributed by atoms with Gasteiger partial charge in [0.15, 0.2) is 0 Å². The fraction of sp³-hybridized carbons (Fsp3) is 0.444. The van der Waals surface area contributed by atoms with Gasteiger partial charge in [-0.15, -0.1) is 0 Å². The van der Waals surface area contributed by atoms with Crippen molar-refractivity contribution >= 4 is 23.9 Å². The summed E-state index contributed by atoms with van der Waals surface area (Å²) in [6, 6.07) is 7.93. The number of rotatable bonds is 5. The molecule has 0 heterocycles. The van der Waals surface area contributed by atoms with E-state index in [0.29, 0.717) is 5.56 Å². The van der Waals surface area contributed by atoms with E-state index in [1.54, 1.807) is 18.2 Å². The van der Waals surface area contributed by atoms with Gasteiger partial charge in [0.1, 0.15) is 5.41 Å². The Bertz CT molecular complexity index is 773. The van der Waals surface area contributed by atoms with Crippen LogP contribution in [0.15, 0.2) is 30.3 Å². The van der Waals surface area contributed by atoms with E-state index in [1.165, 1.54) is 12.1 Å². The Labute approximate surface area is 148 Å². The number of carbonyl (C=O) groups is 4. The molecule has 138 valence electrons. The molecule has 1 aromatic rings. The van der Waals surface area contributed by atoms with Crippen LogP contribution in [0.5, 0.6) is 0 Å². The Kier molecular flexibility index (Phi) is 4.21. The van der Waals surface area contributed by atoms with Crippen LogP contribution >= 0.6 is 0 Å². The summed E-state index contributed by atoms with van der Waals surface area (Å²) in [5, 5.41) is 38.4. The first-order valence-electron chi connectivity index (χ1n) is 8.20. The van der Waals surface area contributed by atoms with Gasteiger partial charge >= 0.3 is 23.9 Å². The molecule has 1 aromatic carbocycles. The first-order chi connectivity index (χ1) is 12.2. The molecule has 0 aromatic heterocycles. The molecule has 0 amide bonds. The van der Waals surface area contributed by atoms with Crippen molar-refractivity contribution in [1.29, 1.82) is 0 Å². The minimum absolute atomic E-state index is 0.157. The van der Waals surface area contributed by atoms with Gasteiger partial charge < -0.3 is 20.4 Å². The highest BCUT2D eigenvalue weighted by Gasteiger charge is 2.72. The molecule has 2 fully saturated rings. The van der Waals surface area contributed by atoms with Gasteiger partial charge in [-0.3, -0.25) is 19.2 Å².